The lowest BCUT2D eigenvalue weighted by atomic mass is 9.95. The molecule has 1 aromatic heterocycles. The van der Waals surface area contributed by atoms with Crippen molar-refractivity contribution in [2.45, 2.75) is 39.9 Å². The van der Waals surface area contributed by atoms with E-state index in [0.29, 0.717) is 12.3 Å². The summed E-state index contributed by atoms with van der Waals surface area (Å²) in [5.74, 6) is -0.175. The molecule has 10 heteroatoms. The molecule has 1 amide bonds. The number of quaternary nitrogens is 1. The number of phenolic OH excluding ortho intramolecular Hbond substituents is 1. The third-order valence-electron chi connectivity index (χ3n) is 5.28. The Kier molecular flexibility index (Phi) is 12.3. The van der Waals surface area contributed by atoms with Gasteiger partial charge in [-0.05, 0) is 49.6 Å². The lowest BCUT2D eigenvalue weighted by molar-refractivity contribution is -1.07. The van der Waals surface area contributed by atoms with Gasteiger partial charge in [-0.2, -0.15) is 9.68 Å². The summed E-state index contributed by atoms with van der Waals surface area (Å²) >= 11 is 1.70. The van der Waals surface area contributed by atoms with Crippen LogP contribution in [0.2, 0.25) is 0 Å². The molecule has 0 bridgehead atoms. The third-order valence-corrected chi connectivity index (χ3v) is 6.21. The van der Waals surface area contributed by atoms with Crippen molar-refractivity contribution in [3.8, 4) is 5.75 Å². The number of hydrogen-bond acceptors (Lipinski definition) is 8. The number of carbonyl (C=O) groups is 2. The molecule has 1 unspecified atom stereocenters. The lowest BCUT2D eigenvalue weighted by Gasteiger charge is -2.24. The van der Waals surface area contributed by atoms with Crippen molar-refractivity contribution in [3.63, 3.8) is 0 Å². The van der Waals surface area contributed by atoms with Gasteiger partial charge in [0.05, 0.1) is 12.5 Å². The zero-order valence-corrected chi connectivity index (χ0v) is 22.8. The molecule has 0 aliphatic carbocycles. The number of benzene rings is 2. The van der Waals surface area contributed by atoms with Crippen molar-refractivity contribution >= 4 is 34.2 Å². The molecular weight excluding hydrogens is 496 g/mol. The number of carbonyl (C=O) groups excluding carboxylic acids is 2. The molecule has 0 aliphatic rings. The highest BCUT2D eigenvalue weighted by Gasteiger charge is 2.33. The van der Waals surface area contributed by atoms with Gasteiger partial charge < -0.3 is 19.5 Å². The molecule has 2 aromatic carbocycles. The molecule has 202 valence electrons. The molecule has 0 saturated heterocycles. The van der Waals surface area contributed by atoms with Crippen LogP contribution in [0.3, 0.4) is 0 Å². The average molecular weight is 534 g/mol. The molecule has 3 rings (SSSR count). The first-order valence-corrected chi connectivity index (χ1v) is 12.8. The Morgan fingerprint density at radius 1 is 1.08 bits per heavy atom. The van der Waals surface area contributed by atoms with Gasteiger partial charge in [-0.25, -0.2) is 4.79 Å². The Morgan fingerprint density at radius 3 is 2.49 bits per heavy atom. The predicted molar refractivity (Wildman–Crippen MR) is 142 cm³/mol. The van der Waals surface area contributed by atoms with Crippen LogP contribution < -0.4 is 5.64 Å². The van der Waals surface area contributed by atoms with Gasteiger partial charge in [0.25, 0.3) is 0 Å². The van der Waals surface area contributed by atoms with E-state index in [1.807, 2.05) is 47.8 Å². The molecule has 3 aromatic rings. The maximum atomic E-state index is 12.2. The van der Waals surface area contributed by atoms with Gasteiger partial charge in [0.2, 0.25) is 6.29 Å². The van der Waals surface area contributed by atoms with Gasteiger partial charge in [0.15, 0.2) is 0 Å². The zero-order chi connectivity index (χ0) is 27.3. The number of aryl methyl sites for hydroxylation is 1. The first-order chi connectivity index (χ1) is 17.6. The summed E-state index contributed by atoms with van der Waals surface area (Å²) in [6.45, 7) is 5.49. The summed E-state index contributed by atoms with van der Waals surface area (Å²) in [4.78, 5) is 36.7. The van der Waals surface area contributed by atoms with Crippen LogP contribution in [0, 0.1) is 5.41 Å². The second kappa shape index (κ2) is 15.2. The topological polar surface area (TPSA) is 111 Å². The van der Waals surface area contributed by atoms with Gasteiger partial charge in [-0.15, -0.1) is 11.3 Å². The van der Waals surface area contributed by atoms with Gasteiger partial charge in [0.1, 0.15) is 12.4 Å². The number of aromatic hydroxyl groups is 1. The highest BCUT2D eigenvalue weighted by atomic mass is 32.1. The number of rotatable bonds is 11. The van der Waals surface area contributed by atoms with E-state index in [9.17, 15) is 14.7 Å². The summed E-state index contributed by atoms with van der Waals surface area (Å²) in [6, 6.07) is 17.4. The Labute approximate surface area is 221 Å². The number of esters is 1. The third kappa shape index (κ3) is 10.4. The SMILES string of the molecule is CO[NH2+]OCC(C)(C)C(=O)OC(C)OC(=O)N(C)CCCc1cccs1.Oc1cccc2ccccc12. The molecule has 9 nitrogen and oxygen atoms in total. The highest BCUT2D eigenvalue weighted by Crippen LogP contribution is 2.23. The van der Waals surface area contributed by atoms with E-state index >= 15 is 0 Å². The Bertz CT molecular complexity index is 1100. The number of thiophene rings is 1. The Morgan fingerprint density at radius 2 is 1.81 bits per heavy atom. The minimum Gasteiger partial charge on any atom is -0.507 e. The normalized spacial score (nSPS) is 11.8. The number of hydrogen-bond donors (Lipinski definition) is 2. The van der Waals surface area contributed by atoms with Crippen LogP contribution in [0.1, 0.15) is 32.1 Å². The largest absolute Gasteiger partial charge is 0.507 e. The maximum Gasteiger partial charge on any atom is 0.412 e. The molecule has 0 saturated carbocycles. The van der Waals surface area contributed by atoms with Crippen LogP contribution in [0.5, 0.6) is 5.75 Å². The van der Waals surface area contributed by atoms with Gasteiger partial charge >= 0.3 is 12.1 Å². The van der Waals surface area contributed by atoms with E-state index in [2.05, 4.69) is 10.9 Å². The molecule has 3 N–H and O–H groups in total. The van der Waals surface area contributed by atoms with Crippen LogP contribution in [-0.4, -0.2) is 55.7 Å². The van der Waals surface area contributed by atoms with Crippen LogP contribution in [-0.2, 0) is 30.4 Å². The number of ether oxygens (including phenoxy) is 2. The second-order valence-electron chi connectivity index (χ2n) is 8.99. The van der Waals surface area contributed by atoms with E-state index in [-0.39, 0.29) is 6.61 Å². The van der Waals surface area contributed by atoms with Gasteiger partial charge in [-0.3, -0.25) is 4.79 Å². The van der Waals surface area contributed by atoms with Crippen LogP contribution >= 0.6 is 11.3 Å². The summed E-state index contributed by atoms with van der Waals surface area (Å²) in [5, 5.41) is 13.4. The van der Waals surface area contributed by atoms with Crippen molar-refractivity contribution in [3.05, 3.63) is 64.9 Å². The van der Waals surface area contributed by atoms with Crippen LogP contribution in [0.4, 0.5) is 4.79 Å². The molecule has 0 fully saturated rings. The van der Waals surface area contributed by atoms with Crippen LogP contribution in [0.15, 0.2) is 60.0 Å². The summed E-state index contributed by atoms with van der Waals surface area (Å²) in [6.07, 6.45) is 0.228. The molecule has 0 spiro atoms. The van der Waals surface area contributed by atoms with Crippen LogP contribution in [0.25, 0.3) is 10.8 Å². The average Bonchev–Trinajstić information content (AvgIpc) is 3.38. The molecule has 0 radical (unpaired) electrons. The van der Waals surface area contributed by atoms with Gasteiger partial charge in [-0.1, -0.05) is 48.1 Å². The molecular formula is C27H37N2O7S+. The standard InChI is InChI=1S/C17H29N2O6S.C10H8O/c1-13(24-15(20)17(2,3)12-23-18-22-5)25-16(21)19(4)10-6-8-14-9-7-11-26-14;11-10-7-3-5-8-4-1-2-6-9(8)10/h7,9,11,13H,6,8,10,12,18H2,1-5H3;1-7,11H/q+1;. The predicted octanol–water partition coefficient (Wildman–Crippen LogP) is 4.27. The van der Waals surface area contributed by atoms with E-state index in [4.69, 9.17) is 14.3 Å². The molecule has 37 heavy (non-hydrogen) atoms. The molecule has 1 heterocycles. The van der Waals surface area contributed by atoms with Crippen molar-refractivity contribution < 1.29 is 39.5 Å². The first-order valence-electron chi connectivity index (χ1n) is 11.9. The van der Waals surface area contributed by atoms with Crippen molar-refractivity contribution in [2.75, 3.05) is 27.3 Å². The Hall–Kier alpha value is -3.18. The van der Waals surface area contributed by atoms with Gasteiger partial charge in [0, 0.05) is 30.8 Å². The first kappa shape index (κ1) is 30.0. The van der Waals surface area contributed by atoms with E-state index in [0.717, 1.165) is 29.3 Å². The van der Waals surface area contributed by atoms with E-state index in [1.54, 1.807) is 38.3 Å². The lowest BCUT2D eigenvalue weighted by Crippen LogP contribution is -2.82. The minimum absolute atomic E-state index is 0.0863. The smallest absolute Gasteiger partial charge is 0.412 e. The van der Waals surface area contributed by atoms with E-state index in [1.165, 1.54) is 23.8 Å². The number of phenols is 1. The highest BCUT2D eigenvalue weighted by molar-refractivity contribution is 7.09. The van der Waals surface area contributed by atoms with Crippen molar-refractivity contribution in [1.82, 2.24) is 4.90 Å². The maximum absolute atomic E-state index is 12.2. The summed E-state index contributed by atoms with van der Waals surface area (Å²) < 4.78 is 10.4. The van der Waals surface area contributed by atoms with E-state index < -0.39 is 23.8 Å². The fourth-order valence-electron chi connectivity index (χ4n) is 3.18. The zero-order valence-electron chi connectivity index (χ0n) is 22.0. The monoisotopic (exact) mass is 533 g/mol. The Balaban J connectivity index is 0.000000358. The number of amides is 1. The van der Waals surface area contributed by atoms with Crippen molar-refractivity contribution in [2.24, 2.45) is 5.41 Å². The summed E-state index contributed by atoms with van der Waals surface area (Å²) in [7, 11) is 3.10. The fourth-order valence-corrected chi connectivity index (χ4v) is 3.93. The quantitative estimate of drug-likeness (QED) is 0.164. The summed E-state index contributed by atoms with van der Waals surface area (Å²) in [5.41, 5.74) is 0.242. The number of nitrogens with two attached hydrogens (primary N) is 1. The fraction of sp³-hybridized carbons (Fsp3) is 0.407. The molecule has 0 aliphatic heterocycles. The molecule has 1 atom stereocenters. The van der Waals surface area contributed by atoms with Crippen molar-refractivity contribution in [1.29, 1.82) is 0 Å². The number of nitrogens with zero attached hydrogens (tertiary/aromatic N) is 1. The second-order valence-corrected chi connectivity index (χ2v) is 10.0. The number of fused-ring (bicyclic) bond motifs is 1. The minimum atomic E-state index is -0.986.